The van der Waals surface area contributed by atoms with Crippen LogP contribution in [0.3, 0.4) is 0 Å². The largest absolute Gasteiger partial charge is 0.481 e. The highest BCUT2D eigenvalue weighted by Crippen LogP contribution is 2.29. The quantitative estimate of drug-likeness (QED) is 0.704. The number of alkyl halides is 3. The summed E-state index contributed by atoms with van der Waals surface area (Å²) in [4.78, 5) is 33.1. The van der Waals surface area contributed by atoms with Crippen LogP contribution in [0.1, 0.15) is 24.0 Å². The molecule has 0 spiro atoms. The number of carboxylic acids is 2. The van der Waals surface area contributed by atoms with Crippen molar-refractivity contribution < 1.29 is 37.8 Å². The molecule has 1 rings (SSSR count). The molecule has 1 atom stereocenters. The molecule has 0 saturated carbocycles. The molecular weight excluding hydrogens is 319 g/mol. The third kappa shape index (κ3) is 6.37. The van der Waals surface area contributed by atoms with Gasteiger partial charge in [-0.25, -0.2) is 4.79 Å². The van der Waals surface area contributed by atoms with Gasteiger partial charge in [0.25, 0.3) is 0 Å². The summed E-state index contributed by atoms with van der Waals surface area (Å²) in [6, 6.07) is 2.52. The maximum absolute atomic E-state index is 12.4. The minimum absolute atomic E-state index is 0.276. The van der Waals surface area contributed by atoms with Crippen molar-refractivity contribution in [3.8, 4) is 0 Å². The predicted octanol–water partition coefficient (Wildman–Crippen LogP) is 1.68. The van der Waals surface area contributed by atoms with Gasteiger partial charge < -0.3 is 15.5 Å². The summed E-state index contributed by atoms with van der Waals surface area (Å²) in [5, 5.41) is 19.5. The van der Waals surface area contributed by atoms with Gasteiger partial charge in [-0.3, -0.25) is 9.59 Å². The average Bonchev–Trinajstić information content (AvgIpc) is 2.42. The summed E-state index contributed by atoms with van der Waals surface area (Å²) < 4.78 is 37.2. The van der Waals surface area contributed by atoms with Crippen LogP contribution in [-0.2, 0) is 27.0 Å². The number of hydrogen-bond donors (Lipinski definition) is 3. The predicted molar refractivity (Wildman–Crippen MR) is 71.6 cm³/mol. The van der Waals surface area contributed by atoms with Crippen LogP contribution in [0.5, 0.6) is 0 Å². The Balaban J connectivity index is 2.64. The molecule has 0 aromatic heterocycles. The molecule has 0 aliphatic heterocycles. The first-order valence-electron chi connectivity index (χ1n) is 6.49. The van der Waals surface area contributed by atoms with Gasteiger partial charge in [0, 0.05) is 6.42 Å². The second kappa shape index (κ2) is 7.61. The molecule has 1 amide bonds. The van der Waals surface area contributed by atoms with Crippen LogP contribution in [0.4, 0.5) is 13.2 Å². The lowest BCUT2D eigenvalue weighted by molar-refractivity contribution is -0.143. The summed E-state index contributed by atoms with van der Waals surface area (Å²) in [6.07, 6.45) is -5.51. The number of aliphatic carboxylic acids is 2. The summed E-state index contributed by atoms with van der Waals surface area (Å²) in [7, 11) is 0. The van der Waals surface area contributed by atoms with Gasteiger partial charge in [-0.2, -0.15) is 13.2 Å². The van der Waals surface area contributed by atoms with E-state index < -0.39 is 42.0 Å². The van der Waals surface area contributed by atoms with Gasteiger partial charge in [0.1, 0.15) is 6.04 Å². The maximum atomic E-state index is 12.4. The number of carboxylic acid groups (broad SMARTS) is 2. The number of amides is 1. The Labute approximate surface area is 128 Å². The minimum atomic E-state index is -4.48. The lowest BCUT2D eigenvalue weighted by Crippen LogP contribution is -2.41. The third-order valence-corrected chi connectivity index (χ3v) is 2.93. The van der Waals surface area contributed by atoms with Crippen molar-refractivity contribution in [2.24, 2.45) is 0 Å². The second-order valence-electron chi connectivity index (χ2n) is 4.76. The molecule has 0 saturated heterocycles. The lowest BCUT2D eigenvalue weighted by atomic mass is 10.1. The number of nitrogens with one attached hydrogen (secondary N) is 1. The van der Waals surface area contributed by atoms with Crippen molar-refractivity contribution in [3.63, 3.8) is 0 Å². The fraction of sp³-hybridized carbons (Fsp3) is 0.357. The second-order valence-corrected chi connectivity index (χ2v) is 4.76. The molecule has 1 aromatic carbocycles. The van der Waals surface area contributed by atoms with Crippen molar-refractivity contribution >= 4 is 17.8 Å². The molecule has 0 bridgehead atoms. The van der Waals surface area contributed by atoms with E-state index in [1.807, 2.05) is 0 Å². The van der Waals surface area contributed by atoms with Crippen LogP contribution in [0, 0.1) is 0 Å². The van der Waals surface area contributed by atoms with Crippen LogP contribution in [0.25, 0.3) is 0 Å². The fourth-order valence-corrected chi connectivity index (χ4v) is 1.77. The highest BCUT2D eigenvalue weighted by Gasteiger charge is 2.30. The molecule has 6 nitrogen and oxygen atoms in total. The molecule has 9 heteroatoms. The van der Waals surface area contributed by atoms with Crippen molar-refractivity contribution in [3.05, 3.63) is 35.4 Å². The van der Waals surface area contributed by atoms with Crippen LogP contribution < -0.4 is 5.32 Å². The molecule has 23 heavy (non-hydrogen) atoms. The zero-order valence-corrected chi connectivity index (χ0v) is 11.8. The van der Waals surface area contributed by atoms with E-state index in [0.29, 0.717) is 0 Å². The smallest absolute Gasteiger partial charge is 0.416 e. The average molecular weight is 333 g/mol. The molecule has 0 aliphatic rings. The first-order chi connectivity index (χ1) is 10.6. The molecule has 126 valence electrons. The number of carbonyl (C=O) groups excluding carboxylic acids is 1. The molecule has 0 fully saturated rings. The van der Waals surface area contributed by atoms with E-state index in [4.69, 9.17) is 10.2 Å². The normalized spacial score (nSPS) is 12.5. The van der Waals surface area contributed by atoms with E-state index in [9.17, 15) is 27.6 Å². The molecule has 0 aliphatic carbocycles. The summed E-state index contributed by atoms with van der Waals surface area (Å²) in [6.45, 7) is 0. The Kier molecular flexibility index (Phi) is 6.11. The van der Waals surface area contributed by atoms with Crippen molar-refractivity contribution in [1.29, 1.82) is 0 Å². The number of carbonyl (C=O) groups is 3. The highest BCUT2D eigenvalue weighted by atomic mass is 19.4. The molecule has 0 unspecified atom stereocenters. The van der Waals surface area contributed by atoms with Crippen molar-refractivity contribution in [2.45, 2.75) is 31.5 Å². The van der Waals surface area contributed by atoms with Gasteiger partial charge >= 0.3 is 18.1 Å². The molecule has 0 heterocycles. The van der Waals surface area contributed by atoms with Gasteiger partial charge in [-0.1, -0.05) is 12.1 Å². The Morgan fingerprint density at radius 3 is 2.09 bits per heavy atom. The molecule has 0 radical (unpaired) electrons. The fourth-order valence-electron chi connectivity index (χ4n) is 1.77. The monoisotopic (exact) mass is 333 g/mol. The molecular formula is C14H14F3NO5. The zero-order chi connectivity index (χ0) is 17.6. The van der Waals surface area contributed by atoms with Crippen molar-refractivity contribution in [1.82, 2.24) is 5.32 Å². The van der Waals surface area contributed by atoms with Gasteiger partial charge in [-0.05, 0) is 24.1 Å². The Morgan fingerprint density at radius 1 is 1.09 bits per heavy atom. The molecule has 3 N–H and O–H groups in total. The highest BCUT2D eigenvalue weighted by molar-refractivity contribution is 5.85. The number of rotatable bonds is 7. The van der Waals surface area contributed by atoms with E-state index >= 15 is 0 Å². The Morgan fingerprint density at radius 2 is 1.65 bits per heavy atom. The first-order valence-corrected chi connectivity index (χ1v) is 6.49. The first kappa shape index (κ1) is 18.5. The van der Waals surface area contributed by atoms with Crippen LogP contribution in [-0.4, -0.2) is 34.1 Å². The van der Waals surface area contributed by atoms with Gasteiger partial charge in [0.2, 0.25) is 5.91 Å². The number of hydrogen-bond acceptors (Lipinski definition) is 3. The van der Waals surface area contributed by atoms with Crippen LogP contribution in [0.2, 0.25) is 0 Å². The third-order valence-electron chi connectivity index (χ3n) is 2.93. The van der Waals surface area contributed by atoms with Crippen LogP contribution >= 0.6 is 0 Å². The minimum Gasteiger partial charge on any atom is -0.481 e. The van der Waals surface area contributed by atoms with E-state index in [1.165, 1.54) is 0 Å². The summed E-state index contributed by atoms with van der Waals surface area (Å²) >= 11 is 0. The van der Waals surface area contributed by atoms with Gasteiger partial charge in [0.05, 0.1) is 12.0 Å². The topological polar surface area (TPSA) is 104 Å². The van der Waals surface area contributed by atoms with Crippen molar-refractivity contribution in [2.75, 3.05) is 0 Å². The van der Waals surface area contributed by atoms with Gasteiger partial charge in [0.15, 0.2) is 0 Å². The van der Waals surface area contributed by atoms with E-state index in [1.54, 1.807) is 0 Å². The maximum Gasteiger partial charge on any atom is 0.416 e. The lowest BCUT2D eigenvalue weighted by Gasteiger charge is -2.13. The van der Waals surface area contributed by atoms with E-state index in [-0.39, 0.29) is 18.4 Å². The zero-order valence-electron chi connectivity index (χ0n) is 11.8. The van der Waals surface area contributed by atoms with Gasteiger partial charge in [-0.15, -0.1) is 0 Å². The van der Waals surface area contributed by atoms with Crippen LogP contribution in [0.15, 0.2) is 24.3 Å². The van der Waals surface area contributed by atoms with E-state index in [2.05, 4.69) is 5.32 Å². The molecule has 1 aromatic rings. The number of halogens is 3. The Bertz CT molecular complexity index is 583. The summed E-state index contributed by atoms with van der Waals surface area (Å²) in [5.74, 6) is -3.30. The summed E-state index contributed by atoms with van der Waals surface area (Å²) in [5.41, 5.74) is -0.579. The van der Waals surface area contributed by atoms with E-state index in [0.717, 1.165) is 24.3 Å². The Hall–Kier alpha value is -2.58. The standard InChI is InChI=1S/C14H14F3NO5/c15-14(16,17)9-3-1-8(2-4-9)7-11(19)18-10(13(22)23)5-6-12(20)21/h1-4,10H,5-7H2,(H,18,19)(H,20,21)(H,22,23)/t10-/m0/s1. The number of benzene rings is 1. The SMILES string of the molecule is O=C(O)CC[C@H](NC(=O)Cc1ccc(C(F)(F)F)cc1)C(=O)O.